The predicted molar refractivity (Wildman–Crippen MR) is 93.8 cm³/mol. The molecule has 25 heavy (non-hydrogen) atoms. The molecular weight excluding hydrogens is 352 g/mol. The summed E-state index contributed by atoms with van der Waals surface area (Å²) in [5.74, 6) is -2.14. The number of halogens is 3. The van der Waals surface area contributed by atoms with E-state index in [0.717, 1.165) is 38.1 Å². The molecule has 140 valence electrons. The van der Waals surface area contributed by atoms with Crippen LogP contribution in [0.25, 0.3) is 0 Å². The fourth-order valence-electron chi connectivity index (χ4n) is 2.79. The Balaban J connectivity index is 0.00000312. The second kappa shape index (κ2) is 10.3. The quantitative estimate of drug-likeness (QED) is 0.749. The average Bonchev–Trinajstić information content (AvgIpc) is 2.58. The third-order valence-corrected chi connectivity index (χ3v) is 4.28. The van der Waals surface area contributed by atoms with Gasteiger partial charge in [-0.1, -0.05) is 0 Å². The minimum absolute atomic E-state index is 0. The van der Waals surface area contributed by atoms with Crippen molar-refractivity contribution >= 4 is 24.2 Å². The van der Waals surface area contributed by atoms with Gasteiger partial charge in [0, 0.05) is 38.2 Å². The Bertz CT molecular complexity index is 593. The number of carbonyl (C=O) groups excluding carboxylic acids is 2. The Kier molecular flexibility index (Phi) is 8.78. The number of hydrogen-bond acceptors (Lipinski definition) is 3. The first-order valence-electron chi connectivity index (χ1n) is 8.19. The van der Waals surface area contributed by atoms with Gasteiger partial charge in [0.15, 0.2) is 0 Å². The van der Waals surface area contributed by atoms with E-state index in [0.29, 0.717) is 24.9 Å². The van der Waals surface area contributed by atoms with Crippen LogP contribution >= 0.6 is 12.4 Å². The van der Waals surface area contributed by atoms with Crippen molar-refractivity contribution < 1.29 is 18.4 Å². The summed E-state index contributed by atoms with van der Waals surface area (Å²) in [6.45, 7) is 1.77. The Morgan fingerprint density at radius 3 is 2.52 bits per heavy atom. The first-order valence-corrected chi connectivity index (χ1v) is 8.19. The molecule has 1 aliphatic rings. The van der Waals surface area contributed by atoms with E-state index < -0.39 is 17.5 Å². The molecule has 1 heterocycles. The molecule has 1 aromatic rings. The summed E-state index contributed by atoms with van der Waals surface area (Å²) in [7, 11) is 1.93. The summed E-state index contributed by atoms with van der Waals surface area (Å²) in [6.07, 6.45) is 2.72. The number of amides is 2. The van der Waals surface area contributed by atoms with Crippen molar-refractivity contribution in [3.8, 4) is 0 Å². The summed E-state index contributed by atoms with van der Waals surface area (Å²) in [6, 6.07) is 3.29. The van der Waals surface area contributed by atoms with Gasteiger partial charge in [-0.3, -0.25) is 9.59 Å². The molecule has 8 heteroatoms. The first kappa shape index (κ1) is 21.3. The Labute approximate surface area is 152 Å². The normalized spacial score (nSPS) is 14.8. The molecule has 0 saturated carbocycles. The van der Waals surface area contributed by atoms with Crippen LogP contribution in [-0.2, 0) is 4.79 Å². The van der Waals surface area contributed by atoms with Crippen LogP contribution in [0, 0.1) is 11.6 Å². The Morgan fingerprint density at radius 2 is 1.92 bits per heavy atom. The minimum atomic E-state index is -0.893. The maximum Gasteiger partial charge on any atom is 0.254 e. The van der Waals surface area contributed by atoms with Gasteiger partial charge in [-0.05, 0) is 38.4 Å². The van der Waals surface area contributed by atoms with Crippen molar-refractivity contribution in [2.24, 2.45) is 0 Å². The molecule has 0 atom stereocenters. The summed E-state index contributed by atoms with van der Waals surface area (Å²) >= 11 is 0. The van der Waals surface area contributed by atoms with Crippen LogP contribution < -0.4 is 10.6 Å². The lowest BCUT2D eigenvalue weighted by molar-refractivity contribution is -0.132. The number of carbonyl (C=O) groups is 2. The maximum atomic E-state index is 13.5. The van der Waals surface area contributed by atoms with Crippen molar-refractivity contribution in [3.63, 3.8) is 0 Å². The van der Waals surface area contributed by atoms with E-state index >= 15 is 0 Å². The lowest BCUT2D eigenvalue weighted by Crippen LogP contribution is -2.44. The van der Waals surface area contributed by atoms with E-state index in [1.165, 1.54) is 0 Å². The van der Waals surface area contributed by atoms with Gasteiger partial charge in [0.05, 0.1) is 5.56 Å². The molecule has 1 saturated heterocycles. The summed E-state index contributed by atoms with van der Waals surface area (Å²) in [5, 5.41) is 5.76. The molecule has 1 fully saturated rings. The lowest BCUT2D eigenvalue weighted by atomic mass is 10.0. The number of rotatable bonds is 6. The maximum absolute atomic E-state index is 13.5. The Morgan fingerprint density at radius 1 is 1.24 bits per heavy atom. The number of hydrogen-bond donors (Lipinski definition) is 2. The lowest BCUT2D eigenvalue weighted by Gasteiger charge is -2.31. The molecule has 2 amide bonds. The molecule has 0 unspecified atom stereocenters. The number of nitrogens with one attached hydrogen (secondary N) is 2. The highest BCUT2D eigenvalue weighted by atomic mass is 35.5. The van der Waals surface area contributed by atoms with E-state index in [-0.39, 0.29) is 30.4 Å². The standard InChI is InChI=1S/C17H23F2N3O2.ClH/c1-20-13-6-9-22(10-7-13)16(23)3-2-8-21-17(24)14-5-4-12(18)11-15(14)19;/h4-5,11,13,20H,2-3,6-10H2,1H3,(H,21,24);1H. The molecule has 0 bridgehead atoms. The molecule has 1 aliphatic heterocycles. The monoisotopic (exact) mass is 375 g/mol. The van der Waals surface area contributed by atoms with Gasteiger partial charge in [0.1, 0.15) is 11.6 Å². The smallest absolute Gasteiger partial charge is 0.254 e. The summed E-state index contributed by atoms with van der Waals surface area (Å²) in [5.41, 5.74) is -0.197. The van der Waals surface area contributed by atoms with Gasteiger partial charge in [-0.2, -0.15) is 0 Å². The van der Waals surface area contributed by atoms with Crippen molar-refractivity contribution in [2.75, 3.05) is 26.7 Å². The fourth-order valence-corrected chi connectivity index (χ4v) is 2.79. The second-order valence-corrected chi connectivity index (χ2v) is 5.93. The predicted octanol–water partition coefficient (Wildman–Crippen LogP) is 2.11. The highest BCUT2D eigenvalue weighted by Crippen LogP contribution is 2.12. The molecule has 1 aromatic carbocycles. The molecule has 2 N–H and O–H groups in total. The van der Waals surface area contributed by atoms with Gasteiger partial charge >= 0.3 is 0 Å². The third-order valence-electron chi connectivity index (χ3n) is 4.28. The topological polar surface area (TPSA) is 61.4 Å². The van der Waals surface area contributed by atoms with Crippen molar-refractivity contribution in [1.29, 1.82) is 0 Å². The largest absolute Gasteiger partial charge is 0.352 e. The Hall–Kier alpha value is -1.73. The fraction of sp³-hybridized carbons (Fsp3) is 0.529. The van der Waals surface area contributed by atoms with E-state index in [1.54, 1.807) is 0 Å². The zero-order valence-electron chi connectivity index (χ0n) is 14.2. The van der Waals surface area contributed by atoms with Gasteiger partial charge in [0.2, 0.25) is 5.91 Å². The minimum Gasteiger partial charge on any atom is -0.352 e. The average molecular weight is 376 g/mol. The van der Waals surface area contributed by atoms with Gasteiger partial charge in [0.25, 0.3) is 5.91 Å². The van der Waals surface area contributed by atoms with Crippen molar-refractivity contribution in [1.82, 2.24) is 15.5 Å². The van der Waals surface area contributed by atoms with Crippen molar-refractivity contribution in [2.45, 2.75) is 31.7 Å². The number of piperidine rings is 1. The highest BCUT2D eigenvalue weighted by Gasteiger charge is 2.21. The summed E-state index contributed by atoms with van der Waals surface area (Å²) in [4.78, 5) is 25.7. The van der Waals surface area contributed by atoms with Gasteiger partial charge < -0.3 is 15.5 Å². The van der Waals surface area contributed by atoms with Crippen LogP contribution in [0.3, 0.4) is 0 Å². The second-order valence-electron chi connectivity index (χ2n) is 5.93. The molecule has 0 aromatic heterocycles. The molecule has 2 rings (SSSR count). The molecule has 0 radical (unpaired) electrons. The van der Waals surface area contributed by atoms with Crippen molar-refractivity contribution in [3.05, 3.63) is 35.4 Å². The highest BCUT2D eigenvalue weighted by molar-refractivity contribution is 5.94. The zero-order chi connectivity index (χ0) is 17.5. The zero-order valence-corrected chi connectivity index (χ0v) is 15.0. The third kappa shape index (κ3) is 6.25. The van der Waals surface area contributed by atoms with E-state index in [2.05, 4.69) is 10.6 Å². The number of likely N-dealkylation sites (tertiary alicyclic amines) is 1. The number of benzene rings is 1. The van der Waals surface area contributed by atoms with E-state index in [9.17, 15) is 18.4 Å². The molecular formula is C17H24ClF2N3O2. The summed E-state index contributed by atoms with van der Waals surface area (Å²) < 4.78 is 26.3. The van der Waals surface area contributed by atoms with E-state index in [1.807, 2.05) is 11.9 Å². The number of nitrogens with zero attached hydrogens (tertiary/aromatic N) is 1. The first-order chi connectivity index (χ1) is 11.5. The molecule has 0 aliphatic carbocycles. The van der Waals surface area contributed by atoms with Gasteiger partial charge in [-0.15, -0.1) is 12.4 Å². The van der Waals surface area contributed by atoms with Crippen LogP contribution in [0.15, 0.2) is 18.2 Å². The van der Waals surface area contributed by atoms with E-state index in [4.69, 9.17) is 0 Å². The van der Waals surface area contributed by atoms with Gasteiger partial charge in [-0.25, -0.2) is 8.78 Å². The van der Waals surface area contributed by atoms with Crippen LogP contribution in [0.4, 0.5) is 8.78 Å². The molecule has 5 nitrogen and oxygen atoms in total. The molecule has 0 spiro atoms. The van der Waals surface area contributed by atoms with Crippen LogP contribution in [0.2, 0.25) is 0 Å². The van der Waals surface area contributed by atoms with Crippen LogP contribution in [-0.4, -0.2) is 49.4 Å². The van der Waals surface area contributed by atoms with Crippen LogP contribution in [0.5, 0.6) is 0 Å². The SMILES string of the molecule is CNC1CCN(C(=O)CCCNC(=O)c2ccc(F)cc2F)CC1.Cl. The van der Waals surface area contributed by atoms with Crippen LogP contribution in [0.1, 0.15) is 36.0 Å².